The molecule has 0 fully saturated rings. The van der Waals surface area contributed by atoms with E-state index in [1.165, 1.54) is 27.5 Å². The molecule has 0 aliphatic carbocycles. The van der Waals surface area contributed by atoms with Crippen LogP contribution in [0.1, 0.15) is 5.56 Å². The van der Waals surface area contributed by atoms with Gasteiger partial charge < -0.3 is 0 Å². The SMILES string of the molecule is Cc1cnsc1-c1ccccc1Br. The van der Waals surface area contributed by atoms with Crippen LogP contribution in [0.3, 0.4) is 0 Å². The quantitative estimate of drug-likeness (QED) is 0.752. The molecule has 0 saturated carbocycles. The molecule has 1 heterocycles. The van der Waals surface area contributed by atoms with Gasteiger partial charge in [0, 0.05) is 16.2 Å². The lowest BCUT2D eigenvalue weighted by atomic mass is 10.1. The van der Waals surface area contributed by atoms with Gasteiger partial charge in [0.1, 0.15) is 0 Å². The molecule has 2 aromatic rings. The predicted molar refractivity (Wildman–Crippen MR) is 60.0 cm³/mol. The van der Waals surface area contributed by atoms with Crippen LogP contribution in [-0.4, -0.2) is 4.37 Å². The van der Waals surface area contributed by atoms with E-state index in [1.54, 1.807) is 0 Å². The Morgan fingerprint density at radius 3 is 2.69 bits per heavy atom. The Kier molecular flexibility index (Phi) is 2.47. The van der Waals surface area contributed by atoms with Gasteiger partial charge in [-0.2, -0.15) is 0 Å². The van der Waals surface area contributed by atoms with E-state index in [0.717, 1.165) is 4.47 Å². The summed E-state index contributed by atoms with van der Waals surface area (Å²) in [5.74, 6) is 0. The van der Waals surface area contributed by atoms with Crippen LogP contribution in [0.2, 0.25) is 0 Å². The smallest absolute Gasteiger partial charge is 0.0590 e. The van der Waals surface area contributed by atoms with Crippen molar-refractivity contribution in [1.29, 1.82) is 0 Å². The molecule has 0 bridgehead atoms. The Bertz CT molecular complexity index is 422. The average Bonchev–Trinajstić information content (AvgIpc) is 2.52. The summed E-state index contributed by atoms with van der Waals surface area (Å²) < 4.78 is 5.29. The zero-order chi connectivity index (χ0) is 9.26. The second-order valence-electron chi connectivity index (χ2n) is 2.82. The molecule has 0 aliphatic rings. The molecule has 13 heavy (non-hydrogen) atoms. The Hall–Kier alpha value is -0.670. The fourth-order valence-corrected chi connectivity index (χ4v) is 2.60. The molecule has 3 heteroatoms. The molecule has 0 aliphatic heterocycles. The van der Waals surface area contributed by atoms with Crippen LogP contribution < -0.4 is 0 Å². The normalized spacial score (nSPS) is 10.3. The standard InChI is InChI=1S/C10H8BrNS/c1-7-6-12-13-10(7)8-4-2-3-5-9(8)11/h2-6H,1H3. The molecule has 0 amide bonds. The first kappa shape index (κ1) is 8.91. The molecule has 0 unspecified atom stereocenters. The van der Waals surface area contributed by atoms with Crippen molar-refractivity contribution >= 4 is 27.5 Å². The van der Waals surface area contributed by atoms with Gasteiger partial charge in [-0.25, -0.2) is 4.37 Å². The van der Waals surface area contributed by atoms with Gasteiger partial charge in [-0.1, -0.05) is 34.1 Å². The number of nitrogens with zero attached hydrogens (tertiary/aromatic N) is 1. The fourth-order valence-electron chi connectivity index (χ4n) is 1.20. The van der Waals surface area contributed by atoms with E-state index in [9.17, 15) is 0 Å². The van der Waals surface area contributed by atoms with E-state index in [1.807, 2.05) is 18.3 Å². The minimum absolute atomic E-state index is 1.13. The number of aromatic nitrogens is 1. The van der Waals surface area contributed by atoms with E-state index in [0.29, 0.717) is 0 Å². The third-order valence-electron chi connectivity index (χ3n) is 1.87. The zero-order valence-corrected chi connectivity index (χ0v) is 9.52. The highest BCUT2D eigenvalue weighted by Crippen LogP contribution is 2.32. The summed E-state index contributed by atoms with van der Waals surface area (Å²) in [6, 6.07) is 8.21. The number of benzene rings is 1. The number of hydrogen-bond donors (Lipinski definition) is 0. The molecular formula is C10H8BrNS. The van der Waals surface area contributed by atoms with Crippen molar-refractivity contribution in [1.82, 2.24) is 4.37 Å². The van der Waals surface area contributed by atoms with Crippen molar-refractivity contribution in [3.63, 3.8) is 0 Å². The lowest BCUT2D eigenvalue weighted by molar-refractivity contribution is 1.45. The molecule has 1 nitrogen and oxygen atoms in total. The molecule has 2 rings (SSSR count). The summed E-state index contributed by atoms with van der Waals surface area (Å²) >= 11 is 5.07. The lowest BCUT2D eigenvalue weighted by Crippen LogP contribution is -1.76. The zero-order valence-electron chi connectivity index (χ0n) is 7.12. The van der Waals surface area contributed by atoms with Gasteiger partial charge in [0.05, 0.1) is 4.88 Å². The van der Waals surface area contributed by atoms with Gasteiger partial charge in [-0.3, -0.25) is 0 Å². The molecule has 0 saturated heterocycles. The molecule has 66 valence electrons. The highest BCUT2D eigenvalue weighted by molar-refractivity contribution is 9.10. The number of aryl methyl sites for hydroxylation is 1. The van der Waals surface area contributed by atoms with Crippen molar-refractivity contribution in [2.24, 2.45) is 0 Å². The third kappa shape index (κ3) is 1.67. The second kappa shape index (κ2) is 3.60. The first-order valence-electron chi connectivity index (χ1n) is 3.95. The van der Waals surface area contributed by atoms with Crippen molar-refractivity contribution in [2.45, 2.75) is 6.92 Å². The maximum Gasteiger partial charge on any atom is 0.0590 e. The summed E-state index contributed by atoms with van der Waals surface area (Å²) in [4.78, 5) is 1.24. The van der Waals surface area contributed by atoms with Crippen LogP contribution in [0.15, 0.2) is 34.9 Å². The molecular weight excluding hydrogens is 246 g/mol. The topological polar surface area (TPSA) is 12.9 Å². The van der Waals surface area contributed by atoms with Gasteiger partial charge >= 0.3 is 0 Å². The highest BCUT2D eigenvalue weighted by Gasteiger charge is 2.06. The monoisotopic (exact) mass is 253 g/mol. The molecule has 1 aromatic carbocycles. The summed E-state index contributed by atoms with van der Waals surface area (Å²) in [5, 5.41) is 0. The molecule has 0 N–H and O–H groups in total. The highest BCUT2D eigenvalue weighted by atomic mass is 79.9. The molecule has 0 atom stereocenters. The summed E-state index contributed by atoms with van der Waals surface area (Å²) in [7, 11) is 0. The van der Waals surface area contributed by atoms with Gasteiger partial charge in [0.15, 0.2) is 0 Å². The Labute approximate surface area is 89.7 Å². The Morgan fingerprint density at radius 2 is 2.08 bits per heavy atom. The first-order chi connectivity index (χ1) is 6.29. The van der Waals surface area contributed by atoms with Crippen LogP contribution in [0.4, 0.5) is 0 Å². The van der Waals surface area contributed by atoms with Crippen LogP contribution in [0.25, 0.3) is 10.4 Å². The Balaban J connectivity index is 2.59. The molecule has 0 radical (unpaired) electrons. The molecule has 0 spiro atoms. The number of halogens is 1. The largest absolute Gasteiger partial charge is 0.200 e. The lowest BCUT2D eigenvalue weighted by Gasteiger charge is -2.00. The predicted octanol–water partition coefficient (Wildman–Crippen LogP) is 3.88. The maximum atomic E-state index is 4.16. The van der Waals surface area contributed by atoms with Crippen molar-refractivity contribution in [3.8, 4) is 10.4 Å². The van der Waals surface area contributed by atoms with Gasteiger partial charge in [0.25, 0.3) is 0 Å². The minimum Gasteiger partial charge on any atom is -0.200 e. The summed E-state index contributed by atoms with van der Waals surface area (Å²) in [6.45, 7) is 2.08. The van der Waals surface area contributed by atoms with Crippen LogP contribution in [0.5, 0.6) is 0 Å². The maximum absolute atomic E-state index is 4.16. The average molecular weight is 254 g/mol. The van der Waals surface area contributed by atoms with Crippen LogP contribution in [-0.2, 0) is 0 Å². The summed E-state index contributed by atoms with van der Waals surface area (Å²) in [6.07, 6.45) is 1.90. The van der Waals surface area contributed by atoms with Crippen molar-refractivity contribution < 1.29 is 0 Å². The van der Waals surface area contributed by atoms with Crippen LogP contribution >= 0.6 is 27.5 Å². The minimum atomic E-state index is 1.13. The van der Waals surface area contributed by atoms with Crippen LogP contribution in [0, 0.1) is 6.92 Å². The number of rotatable bonds is 1. The van der Waals surface area contributed by atoms with E-state index in [4.69, 9.17) is 0 Å². The fraction of sp³-hybridized carbons (Fsp3) is 0.100. The molecule has 1 aromatic heterocycles. The van der Waals surface area contributed by atoms with Crippen molar-refractivity contribution in [3.05, 3.63) is 40.5 Å². The van der Waals surface area contributed by atoms with Gasteiger partial charge in [-0.05, 0) is 30.1 Å². The third-order valence-corrected chi connectivity index (χ3v) is 3.49. The Morgan fingerprint density at radius 1 is 1.31 bits per heavy atom. The second-order valence-corrected chi connectivity index (χ2v) is 4.47. The van der Waals surface area contributed by atoms with E-state index in [-0.39, 0.29) is 0 Å². The van der Waals surface area contributed by atoms with Gasteiger partial charge in [-0.15, -0.1) is 0 Å². The van der Waals surface area contributed by atoms with E-state index >= 15 is 0 Å². The van der Waals surface area contributed by atoms with Crippen molar-refractivity contribution in [2.75, 3.05) is 0 Å². The van der Waals surface area contributed by atoms with E-state index in [2.05, 4.69) is 39.4 Å². The summed E-state index contributed by atoms with van der Waals surface area (Å²) in [5.41, 5.74) is 2.46. The van der Waals surface area contributed by atoms with Gasteiger partial charge in [0.2, 0.25) is 0 Å². The first-order valence-corrected chi connectivity index (χ1v) is 5.52. The van der Waals surface area contributed by atoms with E-state index < -0.39 is 0 Å². The number of hydrogen-bond acceptors (Lipinski definition) is 2.